The third kappa shape index (κ3) is 3.92. The molecule has 2 aromatic rings. The van der Waals surface area contributed by atoms with Gasteiger partial charge in [0.25, 0.3) is 5.91 Å². The summed E-state index contributed by atoms with van der Waals surface area (Å²) in [6, 6.07) is 6.25. The number of aromatic amines is 1. The second-order valence-electron chi connectivity index (χ2n) is 7.66. The molecule has 2 aliphatic heterocycles. The maximum absolute atomic E-state index is 13.9. The molecule has 3 heterocycles. The molecule has 2 aliphatic rings. The molecule has 0 aliphatic carbocycles. The van der Waals surface area contributed by atoms with Crippen LogP contribution < -0.4 is 0 Å². The average molecular weight is 413 g/mol. The lowest BCUT2D eigenvalue weighted by Crippen LogP contribution is -2.50. The van der Waals surface area contributed by atoms with E-state index in [1.54, 1.807) is 32.9 Å². The minimum absolute atomic E-state index is 0.00301. The minimum Gasteiger partial charge on any atom is -0.339 e. The number of rotatable bonds is 3. The van der Waals surface area contributed by atoms with Gasteiger partial charge in [0.2, 0.25) is 11.8 Å². The summed E-state index contributed by atoms with van der Waals surface area (Å²) in [5.74, 6) is -0.768. The Hall–Kier alpha value is -3.23. The zero-order valence-electron chi connectivity index (χ0n) is 16.9. The minimum atomic E-state index is -0.396. The number of halogens is 1. The molecule has 0 unspecified atom stereocenters. The normalized spacial score (nSPS) is 16.4. The van der Waals surface area contributed by atoms with E-state index in [-0.39, 0.29) is 30.7 Å². The molecular formula is C21H24FN5O3. The van der Waals surface area contributed by atoms with Gasteiger partial charge in [0, 0.05) is 63.9 Å². The van der Waals surface area contributed by atoms with E-state index in [0.717, 1.165) is 11.3 Å². The quantitative estimate of drug-likeness (QED) is 0.812. The van der Waals surface area contributed by atoms with Gasteiger partial charge >= 0.3 is 0 Å². The Balaban J connectivity index is 1.45. The highest BCUT2D eigenvalue weighted by Crippen LogP contribution is 2.23. The maximum atomic E-state index is 13.9. The number of H-pyrrole nitrogens is 1. The van der Waals surface area contributed by atoms with E-state index in [9.17, 15) is 18.8 Å². The number of amides is 3. The van der Waals surface area contributed by atoms with Gasteiger partial charge < -0.3 is 14.7 Å². The van der Waals surface area contributed by atoms with E-state index >= 15 is 0 Å². The van der Waals surface area contributed by atoms with Crippen molar-refractivity contribution in [3.05, 3.63) is 52.6 Å². The summed E-state index contributed by atoms with van der Waals surface area (Å²) in [6.45, 7) is 4.20. The molecule has 30 heavy (non-hydrogen) atoms. The van der Waals surface area contributed by atoms with Crippen LogP contribution in [0, 0.1) is 5.82 Å². The lowest BCUT2D eigenvalue weighted by Gasteiger charge is -2.34. The molecular weight excluding hydrogens is 389 g/mol. The summed E-state index contributed by atoms with van der Waals surface area (Å²) in [6.07, 6.45) is 0.548. The summed E-state index contributed by atoms with van der Waals surface area (Å²) in [5.41, 5.74) is 2.27. The van der Waals surface area contributed by atoms with E-state index in [1.165, 1.54) is 13.0 Å². The van der Waals surface area contributed by atoms with Crippen LogP contribution in [0.15, 0.2) is 24.3 Å². The summed E-state index contributed by atoms with van der Waals surface area (Å²) >= 11 is 0. The smallest absolute Gasteiger partial charge is 0.274 e. The Labute approximate surface area is 173 Å². The number of fused-ring (bicyclic) bond motifs is 1. The standard InChI is InChI=1S/C21H24FN5O3/c1-14(28)25-8-10-26(11-9-25)21(30)20-16-13-27(7-6-18(16)23-24-20)19(29)12-15-4-2-3-5-17(15)22/h2-5H,6-13H2,1H3,(H,23,24). The van der Waals surface area contributed by atoms with Gasteiger partial charge in [-0.25, -0.2) is 4.39 Å². The first-order valence-corrected chi connectivity index (χ1v) is 10.1. The van der Waals surface area contributed by atoms with Gasteiger partial charge in [-0.3, -0.25) is 19.5 Å². The largest absolute Gasteiger partial charge is 0.339 e. The van der Waals surface area contributed by atoms with E-state index in [0.29, 0.717) is 50.4 Å². The van der Waals surface area contributed by atoms with Gasteiger partial charge in [-0.2, -0.15) is 5.10 Å². The number of hydrogen-bond acceptors (Lipinski definition) is 4. The Kier molecular flexibility index (Phi) is 5.52. The van der Waals surface area contributed by atoms with Gasteiger partial charge in [-0.15, -0.1) is 0 Å². The van der Waals surface area contributed by atoms with Crippen molar-refractivity contribution < 1.29 is 18.8 Å². The first-order valence-electron chi connectivity index (χ1n) is 10.1. The van der Waals surface area contributed by atoms with Crippen LogP contribution in [0.5, 0.6) is 0 Å². The molecule has 0 radical (unpaired) electrons. The molecule has 1 fully saturated rings. The third-order valence-electron chi connectivity index (χ3n) is 5.80. The number of carbonyl (C=O) groups is 3. The van der Waals surface area contributed by atoms with Crippen molar-refractivity contribution in [3.63, 3.8) is 0 Å². The van der Waals surface area contributed by atoms with Gasteiger partial charge in [-0.1, -0.05) is 18.2 Å². The first kappa shape index (κ1) is 20.1. The maximum Gasteiger partial charge on any atom is 0.274 e. The van der Waals surface area contributed by atoms with E-state index in [2.05, 4.69) is 10.2 Å². The summed E-state index contributed by atoms with van der Waals surface area (Å²) in [5, 5.41) is 7.16. The van der Waals surface area contributed by atoms with Gasteiger partial charge in [-0.05, 0) is 11.6 Å². The molecule has 3 amide bonds. The molecule has 158 valence electrons. The van der Waals surface area contributed by atoms with Crippen molar-refractivity contribution in [2.75, 3.05) is 32.7 Å². The number of nitrogens with zero attached hydrogens (tertiary/aromatic N) is 4. The fourth-order valence-electron chi connectivity index (χ4n) is 3.98. The molecule has 1 saturated heterocycles. The van der Waals surface area contributed by atoms with Crippen LogP contribution in [0.4, 0.5) is 4.39 Å². The Morgan fingerprint density at radius 3 is 2.43 bits per heavy atom. The molecule has 1 aromatic heterocycles. The summed E-state index contributed by atoms with van der Waals surface area (Å²) in [4.78, 5) is 42.3. The van der Waals surface area contributed by atoms with Crippen LogP contribution in [0.2, 0.25) is 0 Å². The summed E-state index contributed by atoms with van der Waals surface area (Å²) < 4.78 is 13.9. The first-order chi connectivity index (χ1) is 14.4. The number of carbonyl (C=O) groups excluding carboxylic acids is 3. The van der Waals surface area contributed by atoms with Gasteiger partial charge in [0.15, 0.2) is 5.69 Å². The molecule has 4 rings (SSSR count). The average Bonchev–Trinajstić information content (AvgIpc) is 3.18. The van der Waals surface area contributed by atoms with E-state index in [1.807, 2.05) is 0 Å². The number of nitrogens with one attached hydrogen (secondary N) is 1. The van der Waals surface area contributed by atoms with Crippen LogP contribution in [0.1, 0.15) is 34.2 Å². The zero-order valence-corrected chi connectivity index (χ0v) is 16.9. The van der Waals surface area contributed by atoms with Crippen molar-refractivity contribution in [1.82, 2.24) is 24.9 Å². The van der Waals surface area contributed by atoms with Crippen LogP contribution in [0.3, 0.4) is 0 Å². The summed E-state index contributed by atoms with van der Waals surface area (Å²) in [7, 11) is 0. The number of hydrogen-bond donors (Lipinski definition) is 1. The zero-order chi connectivity index (χ0) is 21.3. The van der Waals surface area contributed by atoms with Crippen LogP contribution in [-0.2, 0) is 29.0 Å². The van der Waals surface area contributed by atoms with Crippen LogP contribution in [-0.4, -0.2) is 75.3 Å². The Bertz CT molecular complexity index is 981. The van der Waals surface area contributed by atoms with E-state index in [4.69, 9.17) is 0 Å². The van der Waals surface area contributed by atoms with Crippen molar-refractivity contribution in [3.8, 4) is 0 Å². The van der Waals surface area contributed by atoms with Crippen LogP contribution in [0.25, 0.3) is 0 Å². The predicted octanol–water partition coefficient (Wildman–Crippen LogP) is 0.980. The third-order valence-corrected chi connectivity index (χ3v) is 5.80. The number of piperazine rings is 1. The monoisotopic (exact) mass is 413 g/mol. The SMILES string of the molecule is CC(=O)N1CCN(C(=O)c2n[nH]c3c2CN(C(=O)Cc2ccccc2F)CC3)CC1. The molecule has 1 N–H and O–H groups in total. The molecule has 1 aromatic carbocycles. The second kappa shape index (κ2) is 8.25. The van der Waals surface area contributed by atoms with Crippen molar-refractivity contribution in [2.24, 2.45) is 0 Å². The second-order valence-corrected chi connectivity index (χ2v) is 7.66. The predicted molar refractivity (Wildman–Crippen MR) is 106 cm³/mol. The Morgan fingerprint density at radius 2 is 1.73 bits per heavy atom. The highest BCUT2D eigenvalue weighted by molar-refractivity contribution is 5.94. The van der Waals surface area contributed by atoms with Gasteiger partial charge in [0.05, 0.1) is 6.42 Å². The molecule has 8 nitrogen and oxygen atoms in total. The van der Waals surface area contributed by atoms with Crippen molar-refractivity contribution in [2.45, 2.75) is 26.3 Å². The Morgan fingerprint density at radius 1 is 1.03 bits per heavy atom. The van der Waals surface area contributed by atoms with Gasteiger partial charge in [0.1, 0.15) is 5.82 Å². The molecule has 0 atom stereocenters. The number of benzene rings is 1. The topological polar surface area (TPSA) is 89.6 Å². The lowest BCUT2D eigenvalue weighted by molar-refractivity contribution is -0.131. The molecule has 9 heteroatoms. The fourth-order valence-corrected chi connectivity index (χ4v) is 3.98. The lowest BCUT2D eigenvalue weighted by atomic mass is 10.0. The molecule has 0 bridgehead atoms. The highest BCUT2D eigenvalue weighted by Gasteiger charge is 2.31. The van der Waals surface area contributed by atoms with Crippen molar-refractivity contribution in [1.29, 1.82) is 0 Å². The van der Waals surface area contributed by atoms with E-state index < -0.39 is 5.82 Å². The number of aromatic nitrogens is 2. The highest BCUT2D eigenvalue weighted by atomic mass is 19.1. The molecule has 0 spiro atoms. The molecule has 0 saturated carbocycles. The van der Waals surface area contributed by atoms with Crippen LogP contribution >= 0.6 is 0 Å². The van der Waals surface area contributed by atoms with Crippen molar-refractivity contribution >= 4 is 17.7 Å². The fraction of sp³-hybridized carbons (Fsp3) is 0.429.